The van der Waals surface area contributed by atoms with Gasteiger partial charge in [-0.2, -0.15) is 0 Å². The second-order valence-corrected chi connectivity index (χ2v) is 12.3. The maximum atomic E-state index is 6.73. The van der Waals surface area contributed by atoms with Crippen LogP contribution in [0.2, 0.25) is 0 Å². The molecule has 3 heteroatoms. The molecular weight excluding hydrogens is 456 g/mol. The Hall–Kier alpha value is -3.19. The minimum Gasteiger partial charge on any atom is -0.335 e. The molecule has 0 aromatic heterocycles. The van der Waals surface area contributed by atoms with Crippen molar-refractivity contribution in [3.05, 3.63) is 107 Å². The van der Waals surface area contributed by atoms with E-state index in [2.05, 4.69) is 138 Å². The second kappa shape index (κ2) is 9.53. The van der Waals surface area contributed by atoms with Gasteiger partial charge >= 0.3 is 0 Å². The molecule has 2 unspecified atom stereocenters. The lowest BCUT2D eigenvalue weighted by atomic mass is 9.74. The van der Waals surface area contributed by atoms with Crippen molar-refractivity contribution in [2.45, 2.75) is 71.1 Å². The average Bonchev–Trinajstić information content (AvgIpc) is 3.11. The molecule has 0 saturated heterocycles. The predicted molar refractivity (Wildman–Crippen MR) is 166 cm³/mol. The fraction of sp³-hybridized carbons (Fsp3) is 0.314. The van der Waals surface area contributed by atoms with E-state index in [1.165, 1.54) is 39.1 Å². The number of rotatable bonds is 5. The Balaban J connectivity index is 1.88. The summed E-state index contributed by atoms with van der Waals surface area (Å²) in [7, 11) is 13.4. The average molecular weight is 493 g/mol. The summed E-state index contributed by atoms with van der Waals surface area (Å²) in [5, 5.41) is 0. The van der Waals surface area contributed by atoms with Gasteiger partial charge in [0.05, 0.1) is 15.7 Å². The number of benzene rings is 4. The van der Waals surface area contributed by atoms with Crippen LogP contribution in [0.4, 0.5) is 11.4 Å². The predicted octanol–water partition coefficient (Wildman–Crippen LogP) is 9.06. The Labute approximate surface area is 232 Å². The van der Waals surface area contributed by atoms with Crippen LogP contribution in [-0.2, 0) is 5.41 Å². The Kier molecular flexibility index (Phi) is 6.62. The van der Waals surface area contributed by atoms with Crippen LogP contribution < -0.4 is 4.90 Å². The van der Waals surface area contributed by atoms with E-state index in [0.29, 0.717) is 0 Å². The van der Waals surface area contributed by atoms with Crippen molar-refractivity contribution in [1.82, 2.24) is 0 Å². The minimum atomic E-state index is -0.247. The summed E-state index contributed by atoms with van der Waals surface area (Å²) < 4.78 is 0. The van der Waals surface area contributed by atoms with Gasteiger partial charge in [0.15, 0.2) is 0 Å². The van der Waals surface area contributed by atoms with E-state index in [-0.39, 0.29) is 22.6 Å². The third-order valence-corrected chi connectivity index (χ3v) is 7.98. The molecule has 0 fully saturated rings. The molecule has 0 N–H and O–H groups in total. The number of hydrogen-bond donors (Lipinski definition) is 0. The minimum absolute atomic E-state index is 0.125. The monoisotopic (exact) mass is 493 g/mol. The van der Waals surface area contributed by atoms with Gasteiger partial charge in [-0.15, -0.1) is 0 Å². The molecule has 2 atom stereocenters. The summed E-state index contributed by atoms with van der Waals surface area (Å²) in [6.45, 7) is 15.7. The smallest absolute Gasteiger partial charge is 0.0760 e. The summed E-state index contributed by atoms with van der Waals surface area (Å²) in [6, 6.07) is 30.6. The van der Waals surface area contributed by atoms with Crippen LogP contribution in [-0.4, -0.2) is 21.2 Å². The van der Waals surface area contributed by atoms with E-state index in [1.54, 1.807) is 0 Å². The van der Waals surface area contributed by atoms with Gasteiger partial charge in [-0.1, -0.05) is 118 Å². The van der Waals surface area contributed by atoms with Gasteiger partial charge in [-0.05, 0) is 71.3 Å². The van der Waals surface area contributed by atoms with Crippen LogP contribution in [0.3, 0.4) is 0 Å². The van der Waals surface area contributed by atoms with E-state index < -0.39 is 0 Å². The van der Waals surface area contributed by atoms with Crippen LogP contribution >= 0.6 is 0 Å². The summed E-state index contributed by atoms with van der Waals surface area (Å²) >= 11 is 0. The maximum Gasteiger partial charge on any atom is 0.0760 e. The van der Waals surface area contributed by atoms with Gasteiger partial charge in [0.1, 0.15) is 0 Å². The lowest BCUT2D eigenvalue weighted by Crippen LogP contribution is -2.40. The first kappa shape index (κ1) is 26.4. The molecule has 0 heterocycles. The molecule has 1 aliphatic carbocycles. The fourth-order valence-corrected chi connectivity index (χ4v) is 6.22. The van der Waals surface area contributed by atoms with E-state index in [4.69, 9.17) is 15.7 Å². The second-order valence-electron chi connectivity index (χ2n) is 12.3. The van der Waals surface area contributed by atoms with Gasteiger partial charge in [-0.3, -0.25) is 0 Å². The highest BCUT2D eigenvalue weighted by Gasteiger charge is 2.42. The quantitative estimate of drug-likeness (QED) is 0.251. The molecule has 0 bridgehead atoms. The number of anilines is 2. The first-order valence-corrected chi connectivity index (χ1v) is 13.7. The van der Waals surface area contributed by atoms with Crippen molar-refractivity contribution in [3.63, 3.8) is 0 Å². The van der Waals surface area contributed by atoms with Crippen molar-refractivity contribution in [1.29, 1.82) is 0 Å². The Morgan fingerprint density at radius 3 is 1.92 bits per heavy atom. The molecule has 0 saturated carbocycles. The molecule has 0 amide bonds. The topological polar surface area (TPSA) is 3.24 Å². The van der Waals surface area contributed by atoms with Crippen molar-refractivity contribution < 1.29 is 0 Å². The highest BCUT2D eigenvalue weighted by atomic mass is 15.2. The molecule has 1 nitrogen and oxygen atoms in total. The van der Waals surface area contributed by atoms with Crippen molar-refractivity contribution >= 4 is 27.1 Å². The van der Waals surface area contributed by atoms with Crippen molar-refractivity contribution in [2.24, 2.45) is 0 Å². The van der Waals surface area contributed by atoms with Crippen molar-refractivity contribution in [3.8, 4) is 22.3 Å². The number of fused-ring (bicyclic) bond motifs is 3. The lowest BCUT2D eigenvalue weighted by molar-refractivity contribution is 0.549. The molecule has 0 aliphatic heterocycles. The van der Waals surface area contributed by atoms with Gasteiger partial charge in [0, 0.05) is 22.3 Å². The normalized spacial score (nSPS) is 15.4. The zero-order valence-electron chi connectivity index (χ0n) is 23.8. The van der Waals surface area contributed by atoms with Gasteiger partial charge in [0.25, 0.3) is 0 Å². The van der Waals surface area contributed by atoms with Crippen LogP contribution in [0.15, 0.2) is 84.9 Å². The Bertz CT molecular complexity index is 1480. The van der Waals surface area contributed by atoms with E-state index in [9.17, 15) is 0 Å². The van der Waals surface area contributed by atoms with Gasteiger partial charge in [-0.25, -0.2) is 0 Å². The van der Waals surface area contributed by atoms with Crippen LogP contribution in [0.1, 0.15) is 82.4 Å². The molecule has 4 aromatic carbocycles. The standard InChI is InChI=1S/C35H37B2N/c1-22(36)26-18-17-25(24-13-9-8-10-14-24)21-31(26)38(34(3,4)5)33-27(23(2)37)19-20-29-28-15-11-12-16-30(28)35(6,7)32(29)33/h8-23H,1-7H3. The Morgan fingerprint density at radius 2 is 1.29 bits per heavy atom. The molecule has 4 radical (unpaired) electrons. The third-order valence-electron chi connectivity index (χ3n) is 7.98. The van der Waals surface area contributed by atoms with E-state index in [0.717, 1.165) is 16.8 Å². The van der Waals surface area contributed by atoms with Gasteiger partial charge < -0.3 is 4.90 Å². The summed E-state index contributed by atoms with van der Waals surface area (Å²) in [5.41, 5.74) is 11.9. The highest BCUT2D eigenvalue weighted by molar-refractivity contribution is 6.14. The number of nitrogens with zero attached hydrogens (tertiary/aromatic N) is 1. The molecule has 5 rings (SSSR count). The fourth-order valence-electron chi connectivity index (χ4n) is 6.22. The van der Waals surface area contributed by atoms with Crippen LogP contribution in [0, 0.1) is 0 Å². The summed E-state index contributed by atoms with van der Waals surface area (Å²) in [5.74, 6) is -0.254. The summed E-state index contributed by atoms with van der Waals surface area (Å²) in [4.78, 5) is 2.52. The zero-order valence-corrected chi connectivity index (χ0v) is 23.8. The van der Waals surface area contributed by atoms with Crippen molar-refractivity contribution in [2.75, 3.05) is 4.90 Å². The largest absolute Gasteiger partial charge is 0.335 e. The SMILES string of the molecule is [B]C(C)c1ccc(-c2ccccc2)cc1N(c1c(C([B])C)ccc2c1C(C)(C)c1ccccc1-2)C(C)(C)C. The summed E-state index contributed by atoms with van der Waals surface area (Å²) in [6.07, 6.45) is 0. The highest BCUT2D eigenvalue weighted by Crippen LogP contribution is 2.56. The molecular formula is C35H37B2N. The first-order chi connectivity index (χ1) is 17.9. The molecule has 0 spiro atoms. The van der Waals surface area contributed by atoms with Gasteiger partial charge in [0.2, 0.25) is 0 Å². The van der Waals surface area contributed by atoms with Crippen LogP contribution in [0.5, 0.6) is 0 Å². The third kappa shape index (κ3) is 4.31. The molecule has 38 heavy (non-hydrogen) atoms. The maximum absolute atomic E-state index is 6.73. The van der Waals surface area contributed by atoms with E-state index >= 15 is 0 Å². The number of hydrogen-bond acceptors (Lipinski definition) is 1. The lowest BCUT2D eigenvalue weighted by Gasteiger charge is -2.44. The molecule has 188 valence electrons. The van der Waals surface area contributed by atoms with Crippen LogP contribution in [0.25, 0.3) is 22.3 Å². The first-order valence-electron chi connectivity index (χ1n) is 13.7. The molecule has 1 aliphatic rings. The van der Waals surface area contributed by atoms with E-state index in [1.807, 2.05) is 0 Å². The zero-order chi connectivity index (χ0) is 27.4. The Morgan fingerprint density at radius 1 is 0.684 bits per heavy atom. The molecule has 4 aromatic rings.